The topological polar surface area (TPSA) is 56.3 Å². The zero-order valence-electron chi connectivity index (χ0n) is 8.65. The van der Waals surface area contributed by atoms with Gasteiger partial charge in [0.25, 0.3) is 0 Å². The van der Waals surface area contributed by atoms with Crippen LogP contribution in [0.25, 0.3) is 0 Å². The first-order valence-corrected chi connectivity index (χ1v) is 4.40. The van der Waals surface area contributed by atoms with Gasteiger partial charge in [-0.25, -0.2) is 4.98 Å². The summed E-state index contributed by atoms with van der Waals surface area (Å²) in [6.07, 6.45) is 1.77. The number of hydrogen-bond donors (Lipinski definition) is 1. The highest BCUT2D eigenvalue weighted by Gasteiger charge is 2.01. The Morgan fingerprint density at radius 3 is 2.93 bits per heavy atom. The molecule has 1 aromatic rings. The SMILES string of the molecule is COc1ccnc(NCC(C)OC)n1. The van der Waals surface area contributed by atoms with Gasteiger partial charge in [-0.1, -0.05) is 0 Å². The molecule has 5 heteroatoms. The number of rotatable bonds is 5. The van der Waals surface area contributed by atoms with Crippen LogP contribution in [-0.4, -0.2) is 36.8 Å². The summed E-state index contributed by atoms with van der Waals surface area (Å²) < 4.78 is 10.0. The Kier molecular flexibility index (Phi) is 4.12. The Labute approximate surface area is 83.5 Å². The molecule has 0 saturated carbocycles. The molecule has 0 bridgehead atoms. The molecule has 0 radical (unpaired) electrons. The van der Waals surface area contributed by atoms with Crippen LogP contribution in [0, 0.1) is 0 Å². The maximum absolute atomic E-state index is 5.08. The fourth-order valence-corrected chi connectivity index (χ4v) is 0.859. The van der Waals surface area contributed by atoms with E-state index in [1.807, 2.05) is 6.92 Å². The van der Waals surface area contributed by atoms with E-state index in [0.29, 0.717) is 18.4 Å². The van der Waals surface area contributed by atoms with Crippen LogP contribution in [0.15, 0.2) is 12.3 Å². The smallest absolute Gasteiger partial charge is 0.226 e. The van der Waals surface area contributed by atoms with E-state index in [2.05, 4.69) is 15.3 Å². The number of hydrogen-bond acceptors (Lipinski definition) is 5. The first kappa shape index (κ1) is 10.7. The van der Waals surface area contributed by atoms with E-state index < -0.39 is 0 Å². The lowest BCUT2D eigenvalue weighted by molar-refractivity contribution is 0.128. The molecule has 0 fully saturated rings. The van der Waals surface area contributed by atoms with Crippen LogP contribution in [0.2, 0.25) is 0 Å². The van der Waals surface area contributed by atoms with Gasteiger partial charge in [-0.15, -0.1) is 0 Å². The third-order valence-electron chi connectivity index (χ3n) is 1.79. The molecule has 0 spiro atoms. The third-order valence-corrected chi connectivity index (χ3v) is 1.79. The van der Waals surface area contributed by atoms with E-state index in [9.17, 15) is 0 Å². The van der Waals surface area contributed by atoms with Gasteiger partial charge in [0.05, 0.1) is 13.2 Å². The highest BCUT2D eigenvalue weighted by molar-refractivity contribution is 5.27. The van der Waals surface area contributed by atoms with Gasteiger partial charge < -0.3 is 14.8 Å². The van der Waals surface area contributed by atoms with Crippen LogP contribution in [0.1, 0.15) is 6.92 Å². The highest BCUT2D eigenvalue weighted by Crippen LogP contribution is 2.06. The highest BCUT2D eigenvalue weighted by atomic mass is 16.5. The fraction of sp³-hybridized carbons (Fsp3) is 0.556. The summed E-state index contributed by atoms with van der Waals surface area (Å²) in [5.41, 5.74) is 0. The molecular formula is C9H15N3O2. The van der Waals surface area contributed by atoms with Gasteiger partial charge in [-0.2, -0.15) is 4.98 Å². The van der Waals surface area contributed by atoms with E-state index in [0.717, 1.165) is 0 Å². The average molecular weight is 197 g/mol. The lowest BCUT2D eigenvalue weighted by atomic mass is 10.4. The van der Waals surface area contributed by atoms with Gasteiger partial charge in [0, 0.05) is 25.9 Å². The van der Waals surface area contributed by atoms with Crippen LogP contribution in [0.3, 0.4) is 0 Å². The van der Waals surface area contributed by atoms with Crippen molar-refractivity contribution < 1.29 is 9.47 Å². The van der Waals surface area contributed by atoms with Crippen molar-refractivity contribution in [2.24, 2.45) is 0 Å². The minimum absolute atomic E-state index is 0.129. The van der Waals surface area contributed by atoms with E-state index in [4.69, 9.17) is 9.47 Å². The third kappa shape index (κ3) is 3.18. The van der Waals surface area contributed by atoms with E-state index in [1.165, 1.54) is 0 Å². The largest absolute Gasteiger partial charge is 0.481 e. The minimum Gasteiger partial charge on any atom is -0.481 e. The van der Waals surface area contributed by atoms with Crippen molar-refractivity contribution in [3.8, 4) is 5.88 Å². The summed E-state index contributed by atoms with van der Waals surface area (Å²) in [5, 5.41) is 3.04. The Morgan fingerprint density at radius 1 is 1.50 bits per heavy atom. The molecule has 1 aromatic heterocycles. The predicted octanol–water partition coefficient (Wildman–Crippen LogP) is 0.932. The lowest BCUT2D eigenvalue weighted by Crippen LogP contribution is -2.19. The molecule has 0 amide bonds. The van der Waals surface area contributed by atoms with E-state index in [-0.39, 0.29) is 6.10 Å². The molecule has 0 aromatic carbocycles. The minimum atomic E-state index is 0.129. The van der Waals surface area contributed by atoms with E-state index in [1.54, 1.807) is 26.5 Å². The van der Waals surface area contributed by atoms with Crippen molar-refractivity contribution in [2.45, 2.75) is 13.0 Å². The number of aromatic nitrogens is 2. The van der Waals surface area contributed by atoms with Gasteiger partial charge in [0.2, 0.25) is 11.8 Å². The summed E-state index contributed by atoms with van der Waals surface area (Å²) in [6.45, 7) is 2.64. The second-order valence-corrected chi connectivity index (χ2v) is 2.85. The van der Waals surface area contributed by atoms with E-state index >= 15 is 0 Å². The maximum atomic E-state index is 5.08. The molecule has 0 aliphatic rings. The monoisotopic (exact) mass is 197 g/mol. The van der Waals surface area contributed by atoms with Crippen molar-refractivity contribution in [3.63, 3.8) is 0 Å². The first-order valence-electron chi connectivity index (χ1n) is 4.40. The Morgan fingerprint density at radius 2 is 2.29 bits per heavy atom. The molecule has 5 nitrogen and oxygen atoms in total. The van der Waals surface area contributed by atoms with Gasteiger partial charge in [0.15, 0.2) is 0 Å². The molecule has 1 heterocycles. The first-order chi connectivity index (χ1) is 6.76. The summed E-state index contributed by atoms with van der Waals surface area (Å²) in [5.74, 6) is 1.10. The predicted molar refractivity (Wildman–Crippen MR) is 53.5 cm³/mol. The molecule has 0 aliphatic carbocycles. The van der Waals surface area contributed by atoms with Crippen LogP contribution in [0.5, 0.6) is 5.88 Å². The summed E-state index contributed by atoms with van der Waals surface area (Å²) in [4.78, 5) is 8.13. The van der Waals surface area contributed by atoms with Crippen molar-refractivity contribution >= 4 is 5.95 Å². The molecule has 1 rings (SSSR count). The summed E-state index contributed by atoms with van der Waals surface area (Å²) in [7, 11) is 3.24. The molecule has 14 heavy (non-hydrogen) atoms. The standard InChI is InChI=1S/C9H15N3O2/c1-7(13-2)6-11-9-10-5-4-8(12-9)14-3/h4-5,7H,6H2,1-3H3,(H,10,11,12). The van der Waals surface area contributed by atoms with Crippen molar-refractivity contribution in [3.05, 3.63) is 12.3 Å². The van der Waals surface area contributed by atoms with Crippen molar-refractivity contribution in [2.75, 3.05) is 26.1 Å². The number of anilines is 1. The van der Waals surface area contributed by atoms with Crippen LogP contribution >= 0.6 is 0 Å². The molecule has 1 atom stereocenters. The average Bonchev–Trinajstić information content (AvgIpc) is 2.26. The van der Waals surface area contributed by atoms with Gasteiger partial charge in [0.1, 0.15) is 0 Å². The molecule has 1 unspecified atom stereocenters. The number of methoxy groups -OCH3 is 2. The van der Waals surface area contributed by atoms with Gasteiger partial charge >= 0.3 is 0 Å². The fourth-order valence-electron chi connectivity index (χ4n) is 0.859. The second-order valence-electron chi connectivity index (χ2n) is 2.85. The van der Waals surface area contributed by atoms with Gasteiger partial charge in [-0.3, -0.25) is 0 Å². The number of ether oxygens (including phenoxy) is 2. The Balaban J connectivity index is 2.50. The normalized spacial score (nSPS) is 12.2. The molecule has 0 saturated heterocycles. The summed E-state index contributed by atoms with van der Waals surface area (Å²) in [6, 6.07) is 1.70. The molecule has 1 N–H and O–H groups in total. The maximum Gasteiger partial charge on any atom is 0.226 e. The number of nitrogens with zero attached hydrogens (tertiary/aromatic N) is 2. The van der Waals surface area contributed by atoms with Crippen LogP contribution in [-0.2, 0) is 4.74 Å². The van der Waals surface area contributed by atoms with Crippen LogP contribution < -0.4 is 10.1 Å². The van der Waals surface area contributed by atoms with Crippen molar-refractivity contribution in [1.82, 2.24) is 9.97 Å². The molecule has 0 aliphatic heterocycles. The zero-order valence-corrected chi connectivity index (χ0v) is 8.65. The lowest BCUT2D eigenvalue weighted by Gasteiger charge is -2.10. The molecule has 78 valence electrons. The Bertz CT molecular complexity index is 281. The number of nitrogens with one attached hydrogen (secondary N) is 1. The second kappa shape index (κ2) is 5.39. The van der Waals surface area contributed by atoms with Gasteiger partial charge in [-0.05, 0) is 6.92 Å². The van der Waals surface area contributed by atoms with Crippen molar-refractivity contribution in [1.29, 1.82) is 0 Å². The van der Waals surface area contributed by atoms with Crippen LogP contribution in [0.4, 0.5) is 5.95 Å². The quantitative estimate of drug-likeness (QED) is 0.761. The molecular weight excluding hydrogens is 182 g/mol. The zero-order chi connectivity index (χ0) is 10.4. The Hall–Kier alpha value is -1.36. The summed E-state index contributed by atoms with van der Waals surface area (Å²) >= 11 is 0.